The Kier molecular flexibility index (Phi) is 4.46. The van der Waals surface area contributed by atoms with E-state index in [1.807, 2.05) is 6.92 Å². The van der Waals surface area contributed by atoms with Crippen LogP contribution in [0.2, 0.25) is 5.02 Å². The number of piperazine rings is 1. The highest BCUT2D eigenvalue weighted by Crippen LogP contribution is 2.35. The molecule has 1 aliphatic rings. The van der Waals surface area contributed by atoms with Gasteiger partial charge in [0.1, 0.15) is 10.3 Å². The van der Waals surface area contributed by atoms with E-state index in [0.29, 0.717) is 10.6 Å². The minimum Gasteiger partial charge on any atom is -0.353 e. The van der Waals surface area contributed by atoms with E-state index in [9.17, 15) is 13.2 Å². The third kappa shape index (κ3) is 3.01. The smallest absolute Gasteiger partial charge is 0.253 e. The molecule has 5 nitrogen and oxygen atoms in total. The standard InChI is InChI=1S/C15H15ClN2O3S2/c1-10-6-7-13(22-10)23(20,21)18-9-8-17-15(19)14(18)11-4-2-3-5-12(11)16/h2-7,14H,8-9H2,1H3,(H,17,19). The molecule has 1 aliphatic heterocycles. The predicted molar refractivity (Wildman–Crippen MR) is 90.2 cm³/mol. The van der Waals surface area contributed by atoms with Crippen LogP contribution in [-0.4, -0.2) is 31.7 Å². The lowest BCUT2D eigenvalue weighted by molar-refractivity contribution is -0.126. The molecule has 1 unspecified atom stereocenters. The lowest BCUT2D eigenvalue weighted by atomic mass is 10.0. The van der Waals surface area contributed by atoms with Crippen molar-refractivity contribution in [1.29, 1.82) is 0 Å². The normalized spacial score (nSPS) is 19.6. The molecular formula is C15H15ClN2O3S2. The third-order valence-electron chi connectivity index (χ3n) is 3.65. The summed E-state index contributed by atoms with van der Waals surface area (Å²) >= 11 is 7.39. The van der Waals surface area contributed by atoms with Gasteiger partial charge in [-0.3, -0.25) is 4.79 Å². The number of thiophene rings is 1. The number of hydrogen-bond acceptors (Lipinski definition) is 4. The third-order valence-corrected chi connectivity index (χ3v) is 7.32. The van der Waals surface area contributed by atoms with Crippen molar-refractivity contribution in [2.75, 3.05) is 13.1 Å². The number of halogens is 1. The van der Waals surface area contributed by atoms with E-state index in [1.54, 1.807) is 36.4 Å². The number of hydrogen-bond donors (Lipinski definition) is 1. The molecule has 1 amide bonds. The fourth-order valence-corrected chi connectivity index (χ4v) is 5.79. The molecule has 1 atom stereocenters. The van der Waals surface area contributed by atoms with Crippen LogP contribution in [0.5, 0.6) is 0 Å². The lowest BCUT2D eigenvalue weighted by Crippen LogP contribution is -2.52. The van der Waals surface area contributed by atoms with E-state index < -0.39 is 16.1 Å². The molecule has 3 rings (SSSR count). The van der Waals surface area contributed by atoms with E-state index in [4.69, 9.17) is 11.6 Å². The van der Waals surface area contributed by atoms with Crippen LogP contribution in [0.3, 0.4) is 0 Å². The van der Waals surface area contributed by atoms with Crippen LogP contribution in [0.15, 0.2) is 40.6 Å². The molecule has 1 saturated heterocycles. The Hall–Kier alpha value is -1.41. The van der Waals surface area contributed by atoms with Crippen molar-refractivity contribution in [1.82, 2.24) is 9.62 Å². The van der Waals surface area contributed by atoms with Crippen LogP contribution in [0.4, 0.5) is 0 Å². The molecule has 1 aromatic heterocycles. The number of aryl methyl sites for hydroxylation is 1. The maximum atomic E-state index is 13.0. The van der Waals surface area contributed by atoms with Crippen LogP contribution < -0.4 is 5.32 Å². The number of sulfonamides is 1. The van der Waals surface area contributed by atoms with Gasteiger partial charge in [-0.15, -0.1) is 11.3 Å². The summed E-state index contributed by atoms with van der Waals surface area (Å²) in [4.78, 5) is 13.3. The first-order valence-corrected chi connectivity index (χ1v) is 9.65. The van der Waals surface area contributed by atoms with Crippen LogP contribution in [-0.2, 0) is 14.8 Å². The van der Waals surface area contributed by atoms with E-state index in [-0.39, 0.29) is 23.2 Å². The average molecular weight is 371 g/mol. The molecule has 122 valence electrons. The SMILES string of the molecule is Cc1ccc(S(=O)(=O)N2CCNC(=O)C2c2ccccc2Cl)s1. The van der Waals surface area contributed by atoms with Gasteiger partial charge in [0, 0.05) is 23.0 Å². The number of nitrogens with zero attached hydrogens (tertiary/aromatic N) is 1. The van der Waals surface area contributed by atoms with Crippen molar-refractivity contribution in [3.63, 3.8) is 0 Å². The zero-order valence-electron chi connectivity index (χ0n) is 12.3. The summed E-state index contributed by atoms with van der Waals surface area (Å²) in [6.07, 6.45) is 0. The number of nitrogens with one attached hydrogen (secondary N) is 1. The molecule has 1 fully saturated rings. The molecule has 1 N–H and O–H groups in total. The topological polar surface area (TPSA) is 66.5 Å². The summed E-state index contributed by atoms with van der Waals surface area (Å²) in [5, 5.41) is 3.09. The van der Waals surface area contributed by atoms with Gasteiger partial charge in [-0.05, 0) is 30.7 Å². The summed E-state index contributed by atoms with van der Waals surface area (Å²) in [5.41, 5.74) is 0.489. The number of carbonyl (C=O) groups is 1. The van der Waals surface area contributed by atoms with Crippen molar-refractivity contribution >= 4 is 38.9 Å². The quantitative estimate of drug-likeness (QED) is 0.902. The average Bonchev–Trinajstić information content (AvgIpc) is 2.95. The van der Waals surface area contributed by atoms with Gasteiger partial charge >= 0.3 is 0 Å². The van der Waals surface area contributed by atoms with Crippen LogP contribution in [0, 0.1) is 6.92 Å². The van der Waals surface area contributed by atoms with Gasteiger partial charge in [-0.25, -0.2) is 8.42 Å². The Morgan fingerprint density at radius 3 is 2.65 bits per heavy atom. The largest absolute Gasteiger partial charge is 0.353 e. The zero-order valence-corrected chi connectivity index (χ0v) is 14.7. The molecule has 2 aromatic rings. The summed E-state index contributed by atoms with van der Waals surface area (Å²) in [5.74, 6) is -0.360. The molecule has 8 heteroatoms. The molecule has 23 heavy (non-hydrogen) atoms. The predicted octanol–water partition coefficient (Wildman–Crippen LogP) is 2.57. The first-order chi connectivity index (χ1) is 10.9. The number of benzene rings is 1. The number of amides is 1. The van der Waals surface area contributed by atoms with Crippen molar-refractivity contribution in [3.8, 4) is 0 Å². The van der Waals surface area contributed by atoms with E-state index >= 15 is 0 Å². The minimum atomic E-state index is -3.76. The Bertz CT molecular complexity index is 848. The number of rotatable bonds is 3. The Morgan fingerprint density at radius 1 is 1.26 bits per heavy atom. The van der Waals surface area contributed by atoms with E-state index in [0.717, 1.165) is 4.88 Å². The van der Waals surface area contributed by atoms with Crippen molar-refractivity contribution in [2.24, 2.45) is 0 Å². The van der Waals surface area contributed by atoms with Gasteiger partial charge < -0.3 is 5.32 Å². The zero-order chi connectivity index (χ0) is 16.6. The highest BCUT2D eigenvalue weighted by Gasteiger charge is 2.40. The maximum absolute atomic E-state index is 13.0. The second kappa shape index (κ2) is 6.24. The van der Waals surface area contributed by atoms with Crippen LogP contribution in [0.1, 0.15) is 16.5 Å². The van der Waals surface area contributed by atoms with Crippen molar-refractivity contribution in [3.05, 3.63) is 51.9 Å². The summed E-state index contributed by atoms with van der Waals surface area (Å²) in [6.45, 7) is 2.34. The van der Waals surface area contributed by atoms with E-state index in [1.165, 1.54) is 15.6 Å². The molecule has 0 aliphatic carbocycles. The number of carbonyl (C=O) groups excluding carboxylic acids is 1. The first-order valence-electron chi connectivity index (χ1n) is 7.01. The highest BCUT2D eigenvalue weighted by atomic mass is 35.5. The van der Waals surface area contributed by atoms with Crippen molar-refractivity contribution < 1.29 is 13.2 Å². The van der Waals surface area contributed by atoms with Gasteiger partial charge in [0.15, 0.2) is 0 Å². The molecule has 0 bridgehead atoms. The molecule has 0 saturated carbocycles. The summed E-state index contributed by atoms with van der Waals surface area (Å²) in [6, 6.07) is 9.19. The Morgan fingerprint density at radius 2 is 2.00 bits per heavy atom. The van der Waals surface area contributed by atoms with Crippen LogP contribution >= 0.6 is 22.9 Å². The maximum Gasteiger partial charge on any atom is 0.253 e. The first kappa shape index (κ1) is 16.4. The van der Waals surface area contributed by atoms with Gasteiger partial charge in [-0.2, -0.15) is 4.31 Å². The molecule has 1 aromatic carbocycles. The Balaban J connectivity index is 2.09. The summed E-state index contributed by atoms with van der Waals surface area (Å²) < 4.78 is 27.4. The second-order valence-corrected chi connectivity index (χ2v) is 9.01. The van der Waals surface area contributed by atoms with Crippen molar-refractivity contribution in [2.45, 2.75) is 17.2 Å². The molecule has 2 heterocycles. The molecule has 0 radical (unpaired) electrons. The van der Waals surface area contributed by atoms with E-state index in [2.05, 4.69) is 5.32 Å². The monoisotopic (exact) mass is 370 g/mol. The fourth-order valence-electron chi connectivity index (χ4n) is 2.56. The second-order valence-electron chi connectivity index (χ2n) is 5.20. The highest BCUT2D eigenvalue weighted by molar-refractivity contribution is 7.91. The van der Waals surface area contributed by atoms with Gasteiger partial charge in [0.2, 0.25) is 5.91 Å². The van der Waals surface area contributed by atoms with Gasteiger partial charge in [-0.1, -0.05) is 29.8 Å². The Labute approximate surface area is 143 Å². The fraction of sp³-hybridized carbons (Fsp3) is 0.267. The van der Waals surface area contributed by atoms with Gasteiger partial charge in [0.25, 0.3) is 10.0 Å². The van der Waals surface area contributed by atoms with Gasteiger partial charge in [0.05, 0.1) is 0 Å². The molecule has 0 spiro atoms. The van der Waals surface area contributed by atoms with Crippen LogP contribution in [0.25, 0.3) is 0 Å². The minimum absolute atomic E-state index is 0.209. The molecular weight excluding hydrogens is 356 g/mol. The summed E-state index contributed by atoms with van der Waals surface area (Å²) in [7, 11) is -3.76. The lowest BCUT2D eigenvalue weighted by Gasteiger charge is -2.34.